The highest BCUT2D eigenvalue weighted by Crippen LogP contribution is 2.37. The summed E-state index contributed by atoms with van der Waals surface area (Å²) in [5.41, 5.74) is 0.826. The molecule has 0 atom stereocenters. The van der Waals surface area contributed by atoms with Gasteiger partial charge >= 0.3 is 6.18 Å². The van der Waals surface area contributed by atoms with E-state index < -0.39 is 12.6 Å². The van der Waals surface area contributed by atoms with Crippen LogP contribution in [0.15, 0.2) is 45.3 Å². The maximum atomic E-state index is 12.4. The Bertz CT molecular complexity index is 840. The fraction of sp³-hybridized carbons (Fsp3) is 0.409. The summed E-state index contributed by atoms with van der Waals surface area (Å²) in [4.78, 5) is 0. The van der Waals surface area contributed by atoms with E-state index in [4.69, 9.17) is 21.7 Å². The average molecular weight is 568 g/mol. The second-order valence-corrected chi connectivity index (χ2v) is 8.91. The van der Waals surface area contributed by atoms with E-state index >= 15 is 0 Å². The zero-order valence-electron chi connectivity index (χ0n) is 16.5. The molecule has 0 amide bonds. The molecule has 8 heteroatoms. The van der Waals surface area contributed by atoms with E-state index in [9.17, 15) is 13.2 Å². The lowest BCUT2D eigenvalue weighted by Crippen LogP contribution is -2.06. The maximum absolute atomic E-state index is 12.4. The van der Waals surface area contributed by atoms with Crippen LogP contribution < -0.4 is 9.47 Å². The van der Waals surface area contributed by atoms with Crippen LogP contribution in [-0.4, -0.2) is 11.2 Å². The molecule has 0 saturated heterocycles. The fourth-order valence-corrected chi connectivity index (χ4v) is 3.87. The van der Waals surface area contributed by atoms with Gasteiger partial charge in [0.2, 0.25) is 0 Å². The number of hydrogen-bond donors (Lipinski definition) is 0. The van der Waals surface area contributed by atoms with E-state index in [0.717, 1.165) is 33.8 Å². The molecule has 2 nitrogen and oxygen atoms in total. The highest BCUT2D eigenvalue weighted by atomic mass is 79.9. The summed E-state index contributed by atoms with van der Waals surface area (Å²) >= 11 is 12.2. The van der Waals surface area contributed by atoms with Crippen molar-refractivity contribution in [3.63, 3.8) is 0 Å². The Labute approximate surface area is 197 Å². The van der Waals surface area contributed by atoms with Crippen molar-refractivity contribution in [3.05, 3.63) is 50.9 Å². The van der Waals surface area contributed by atoms with Crippen LogP contribution in [0.4, 0.5) is 13.2 Å². The highest BCUT2D eigenvalue weighted by molar-refractivity contribution is 9.13. The van der Waals surface area contributed by atoms with Crippen molar-refractivity contribution in [3.8, 4) is 17.2 Å². The summed E-state index contributed by atoms with van der Waals surface area (Å²) in [6, 6.07) is 10.8. The molecule has 0 aliphatic heterocycles. The van der Waals surface area contributed by atoms with Gasteiger partial charge in [-0.1, -0.05) is 13.3 Å². The van der Waals surface area contributed by atoms with Crippen molar-refractivity contribution >= 4 is 49.1 Å². The third-order valence-electron chi connectivity index (χ3n) is 4.31. The zero-order valence-corrected chi connectivity index (χ0v) is 20.5. The summed E-state index contributed by atoms with van der Waals surface area (Å²) in [6.07, 6.45) is -1.17. The first kappa shape index (κ1) is 25.1. The summed E-state index contributed by atoms with van der Waals surface area (Å²) in [5, 5.41) is 0.559. The molecular weight excluding hydrogens is 545 g/mol. The van der Waals surface area contributed by atoms with Crippen molar-refractivity contribution in [2.24, 2.45) is 0 Å². The molecule has 0 saturated carbocycles. The smallest absolute Gasteiger partial charge is 0.389 e. The minimum Gasteiger partial charge on any atom is -0.457 e. The molecule has 2 rings (SSSR count). The number of halogens is 5. The van der Waals surface area contributed by atoms with E-state index in [1.165, 1.54) is 0 Å². The normalized spacial score (nSPS) is 11.4. The van der Waals surface area contributed by atoms with Gasteiger partial charge in [-0.05, 0) is 106 Å². The first-order chi connectivity index (χ1) is 14.2. The third-order valence-corrected chi connectivity index (χ3v) is 6.69. The average Bonchev–Trinajstić information content (AvgIpc) is 2.69. The lowest BCUT2D eigenvalue weighted by atomic mass is 10.1. The first-order valence-electron chi connectivity index (χ1n) is 9.72. The topological polar surface area (TPSA) is 18.5 Å². The molecule has 2 aromatic carbocycles. The lowest BCUT2D eigenvalue weighted by Gasteiger charge is -2.15. The number of benzene rings is 2. The van der Waals surface area contributed by atoms with Gasteiger partial charge in [0.15, 0.2) is 5.05 Å². The fourth-order valence-electron chi connectivity index (χ4n) is 2.74. The minimum absolute atomic E-state index is 0.0753. The van der Waals surface area contributed by atoms with Gasteiger partial charge in [0, 0.05) is 27.4 Å². The van der Waals surface area contributed by atoms with Crippen LogP contribution in [0.1, 0.15) is 51.0 Å². The second kappa shape index (κ2) is 12.1. The van der Waals surface area contributed by atoms with Crippen molar-refractivity contribution in [1.82, 2.24) is 0 Å². The molecule has 164 valence electrons. The van der Waals surface area contributed by atoms with Crippen LogP contribution >= 0.6 is 44.1 Å². The number of hydrogen-bond acceptors (Lipinski definition) is 3. The maximum Gasteiger partial charge on any atom is 0.389 e. The molecule has 0 spiro atoms. The molecule has 0 aliphatic rings. The third kappa shape index (κ3) is 8.55. The van der Waals surface area contributed by atoms with Gasteiger partial charge in [-0.25, -0.2) is 0 Å². The van der Waals surface area contributed by atoms with Gasteiger partial charge < -0.3 is 9.47 Å². The van der Waals surface area contributed by atoms with Gasteiger partial charge in [-0.3, -0.25) is 0 Å². The molecule has 2 aromatic rings. The molecule has 0 heterocycles. The van der Waals surface area contributed by atoms with Crippen LogP contribution in [0.3, 0.4) is 0 Å². The number of thiocarbonyl (C=S) groups is 1. The van der Waals surface area contributed by atoms with Crippen LogP contribution in [0.5, 0.6) is 17.2 Å². The Morgan fingerprint density at radius 2 is 1.63 bits per heavy atom. The Morgan fingerprint density at radius 1 is 0.967 bits per heavy atom. The molecule has 0 aliphatic carbocycles. The summed E-state index contributed by atoms with van der Waals surface area (Å²) in [6.45, 7) is 2.10. The highest BCUT2D eigenvalue weighted by Gasteiger charge is 2.26. The van der Waals surface area contributed by atoms with Crippen molar-refractivity contribution in [2.45, 2.75) is 58.0 Å². The number of unbranched alkanes of at least 4 members (excludes halogenated alkanes) is 2. The Hall–Kier alpha value is -1.12. The molecule has 0 radical (unpaired) electrons. The molecule has 0 N–H and O–H groups in total. The van der Waals surface area contributed by atoms with Gasteiger partial charge in [0.05, 0.1) is 0 Å². The minimum atomic E-state index is -4.13. The standard InChI is InChI=1S/C22H23Br2F3O2S/c1-2-3-7-20(30)29-16-10-8-15(9-11-16)28-19-13-12-18(23)21(24)17(19)6-4-5-14-22(25,26)27/h8-13H,2-7,14H2,1H3. The van der Waals surface area contributed by atoms with Gasteiger partial charge in [0.25, 0.3) is 0 Å². The molecule has 0 bridgehead atoms. The van der Waals surface area contributed by atoms with Crippen molar-refractivity contribution < 1.29 is 22.6 Å². The summed E-state index contributed by atoms with van der Waals surface area (Å²) in [5.74, 6) is 1.85. The Balaban J connectivity index is 2.05. The second-order valence-electron chi connectivity index (χ2n) is 6.81. The van der Waals surface area contributed by atoms with Crippen LogP contribution in [0, 0.1) is 0 Å². The molecule has 0 fully saturated rings. The number of rotatable bonds is 10. The molecule has 30 heavy (non-hydrogen) atoms. The van der Waals surface area contributed by atoms with Crippen LogP contribution in [-0.2, 0) is 6.42 Å². The van der Waals surface area contributed by atoms with Crippen molar-refractivity contribution in [1.29, 1.82) is 0 Å². The zero-order chi connectivity index (χ0) is 22.1. The Kier molecular flexibility index (Phi) is 10.1. The largest absolute Gasteiger partial charge is 0.457 e. The monoisotopic (exact) mass is 566 g/mol. The molecular formula is C22H23Br2F3O2S. The van der Waals surface area contributed by atoms with E-state index in [-0.39, 0.29) is 6.42 Å². The van der Waals surface area contributed by atoms with Crippen molar-refractivity contribution in [2.75, 3.05) is 0 Å². The number of alkyl halides is 3. The summed E-state index contributed by atoms with van der Waals surface area (Å²) in [7, 11) is 0. The summed E-state index contributed by atoms with van der Waals surface area (Å²) < 4.78 is 50.5. The predicted octanol–water partition coefficient (Wildman–Crippen LogP) is 9.18. The van der Waals surface area contributed by atoms with E-state index in [0.29, 0.717) is 35.1 Å². The van der Waals surface area contributed by atoms with E-state index in [1.54, 1.807) is 30.3 Å². The quantitative estimate of drug-likeness (QED) is 0.210. The Morgan fingerprint density at radius 3 is 2.27 bits per heavy atom. The predicted molar refractivity (Wildman–Crippen MR) is 125 cm³/mol. The SMILES string of the molecule is CCCCC(=S)Oc1ccc(Oc2ccc(Br)c(Br)c2CCCCC(F)(F)F)cc1. The lowest BCUT2D eigenvalue weighted by molar-refractivity contribution is -0.135. The number of ether oxygens (including phenoxy) is 2. The first-order valence-corrected chi connectivity index (χ1v) is 11.7. The van der Waals surface area contributed by atoms with E-state index in [2.05, 4.69) is 38.8 Å². The van der Waals surface area contributed by atoms with Gasteiger partial charge in [-0.2, -0.15) is 13.2 Å². The van der Waals surface area contributed by atoms with Gasteiger partial charge in [-0.15, -0.1) is 0 Å². The van der Waals surface area contributed by atoms with E-state index in [1.807, 2.05) is 6.07 Å². The molecule has 0 unspecified atom stereocenters. The van der Waals surface area contributed by atoms with Crippen LogP contribution in [0.25, 0.3) is 0 Å². The van der Waals surface area contributed by atoms with Gasteiger partial charge in [0.1, 0.15) is 17.2 Å². The molecule has 0 aromatic heterocycles. The van der Waals surface area contributed by atoms with Crippen LogP contribution in [0.2, 0.25) is 0 Å².